The summed E-state index contributed by atoms with van der Waals surface area (Å²) < 4.78 is 0.955. The van der Waals surface area contributed by atoms with Gasteiger partial charge in [-0.25, -0.2) is 0 Å². The third-order valence-corrected chi connectivity index (χ3v) is 4.31. The van der Waals surface area contributed by atoms with E-state index in [1.807, 2.05) is 18.2 Å². The first-order chi connectivity index (χ1) is 11.1. The topological polar surface area (TPSA) is 116 Å². The van der Waals surface area contributed by atoms with Crippen LogP contribution >= 0.6 is 11.3 Å². The number of aryl methyl sites for hydroxylation is 2. The summed E-state index contributed by atoms with van der Waals surface area (Å²) in [4.78, 5) is 26.3. The van der Waals surface area contributed by atoms with Crippen molar-refractivity contribution >= 4 is 27.8 Å². The molecule has 23 heavy (non-hydrogen) atoms. The van der Waals surface area contributed by atoms with Gasteiger partial charge in [-0.15, -0.1) is 0 Å². The first-order valence-corrected chi connectivity index (χ1v) is 7.74. The Morgan fingerprint density at radius 1 is 1.26 bits per heavy atom. The van der Waals surface area contributed by atoms with Gasteiger partial charge in [0.2, 0.25) is 10.8 Å². The Morgan fingerprint density at radius 2 is 2.00 bits per heavy atom. The van der Waals surface area contributed by atoms with E-state index < -0.39 is 16.2 Å². The fourth-order valence-corrected chi connectivity index (χ4v) is 3.19. The minimum Gasteiger partial charge on any atom is -0.378 e. The van der Waals surface area contributed by atoms with E-state index in [4.69, 9.17) is 5.73 Å². The molecular formula is C14H13N5O3S. The monoisotopic (exact) mass is 331 g/mol. The SMILES string of the molecule is Nc1nc2sc(CCCc3ccccc3)nn2c(=O)c1[N+](=O)[O-]. The number of anilines is 1. The third kappa shape index (κ3) is 3.04. The molecule has 0 fully saturated rings. The van der Waals surface area contributed by atoms with E-state index in [-0.39, 0.29) is 10.8 Å². The Labute approximate surface area is 134 Å². The van der Waals surface area contributed by atoms with E-state index >= 15 is 0 Å². The van der Waals surface area contributed by atoms with Crippen LogP contribution in [0.15, 0.2) is 35.1 Å². The van der Waals surface area contributed by atoms with Gasteiger partial charge in [0.15, 0.2) is 0 Å². The summed E-state index contributed by atoms with van der Waals surface area (Å²) in [5, 5.41) is 15.7. The summed E-state index contributed by atoms with van der Waals surface area (Å²) in [7, 11) is 0. The molecule has 0 unspecified atom stereocenters. The molecule has 0 bridgehead atoms. The first-order valence-electron chi connectivity index (χ1n) is 6.93. The number of nitro groups is 1. The Morgan fingerprint density at radius 3 is 2.70 bits per heavy atom. The fraction of sp³-hybridized carbons (Fsp3) is 0.214. The van der Waals surface area contributed by atoms with Crippen molar-refractivity contribution in [3.63, 3.8) is 0 Å². The van der Waals surface area contributed by atoms with E-state index in [9.17, 15) is 14.9 Å². The number of nitrogens with zero attached hydrogens (tertiary/aromatic N) is 4. The third-order valence-electron chi connectivity index (χ3n) is 3.34. The normalized spacial score (nSPS) is 11.0. The lowest BCUT2D eigenvalue weighted by atomic mass is 10.1. The second-order valence-corrected chi connectivity index (χ2v) is 5.98. The zero-order valence-corrected chi connectivity index (χ0v) is 12.8. The zero-order valence-electron chi connectivity index (χ0n) is 12.0. The van der Waals surface area contributed by atoms with Gasteiger partial charge in [-0.3, -0.25) is 14.9 Å². The van der Waals surface area contributed by atoms with Gasteiger partial charge in [-0.1, -0.05) is 41.7 Å². The number of nitrogen functional groups attached to an aromatic ring is 1. The highest BCUT2D eigenvalue weighted by atomic mass is 32.1. The van der Waals surface area contributed by atoms with E-state index in [2.05, 4.69) is 22.2 Å². The average Bonchev–Trinajstić information content (AvgIpc) is 2.91. The van der Waals surface area contributed by atoms with Crippen LogP contribution in [0.25, 0.3) is 4.96 Å². The number of hydrogen-bond acceptors (Lipinski definition) is 7. The number of rotatable bonds is 5. The Bertz CT molecular complexity index is 919. The molecule has 0 atom stereocenters. The van der Waals surface area contributed by atoms with Crippen molar-refractivity contribution in [2.75, 3.05) is 5.73 Å². The molecule has 0 amide bonds. The summed E-state index contributed by atoms with van der Waals surface area (Å²) in [6, 6.07) is 10.0. The molecule has 2 heterocycles. The van der Waals surface area contributed by atoms with Gasteiger partial charge < -0.3 is 5.73 Å². The molecule has 2 N–H and O–H groups in total. The van der Waals surface area contributed by atoms with Crippen LogP contribution in [-0.4, -0.2) is 19.5 Å². The Hall–Kier alpha value is -2.81. The largest absolute Gasteiger partial charge is 0.378 e. The second kappa shape index (κ2) is 6.13. The molecule has 0 aliphatic carbocycles. The van der Waals surface area contributed by atoms with Gasteiger partial charge in [0, 0.05) is 6.42 Å². The standard InChI is InChI=1S/C14H13N5O3S/c15-12-11(19(21)22)13(20)18-14(16-12)23-10(17-18)8-4-7-9-5-2-1-3-6-9/h1-3,5-6H,4,7-8,15H2. The van der Waals surface area contributed by atoms with Gasteiger partial charge in [0.05, 0.1) is 4.92 Å². The maximum Gasteiger partial charge on any atom is 0.377 e. The van der Waals surface area contributed by atoms with Crippen LogP contribution in [0.2, 0.25) is 0 Å². The highest BCUT2D eigenvalue weighted by Crippen LogP contribution is 2.19. The number of hydrogen-bond donors (Lipinski definition) is 1. The minimum atomic E-state index is -0.844. The maximum absolute atomic E-state index is 12.0. The summed E-state index contributed by atoms with van der Waals surface area (Å²) in [6.07, 6.45) is 2.41. The Kier molecular flexibility index (Phi) is 4.02. The van der Waals surface area contributed by atoms with Crippen molar-refractivity contribution in [2.24, 2.45) is 0 Å². The van der Waals surface area contributed by atoms with Gasteiger partial charge in [-0.05, 0) is 18.4 Å². The van der Waals surface area contributed by atoms with Crippen LogP contribution in [0.5, 0.6) is 0 Å². The molecule has 2 aromatic heterocycles. The summed E-state index contributed by atoms with van der Waals surface area (Å²) in [5.41, 5.74) is 5.14. The van der Waals surface area contributed by atoms with Crippen molar-refractivity contribution in [1.82, 2.24) is 14.6 Å². The molecule has 0 aliphatic heterocycles. The highest BCUT2D eigenvalue weighted by molar-refractivity contribution is 7.16. The second-order valence-electron chi connectivity index (χ2n) is 4.94. The quantitative estimate of drug-likeness (QED) is 0.563. The van der Waals surface area contributed by atoms with Crippen LogP contribution in [0.3, 0.4) is 0 Å². The van der Waals surface area contributed by atoms with Gasteiger partial charge in [0.1, 0.15) is 5.01 Å². The smallest absolute Gasteiger partial charge is 0.377 e. The molecule has 9 heteroatoms. The van der Waals surface area contributed by atoms with E-state index in [0.717, 1.165) is 17.4 Å². The molecule has 0 saturated carbocycles. The average molecular weight is 331 g/mol. The molecule has 3 rings (SSSR count). The van der Waals surface area contributed by atoms with Crippen molar-refractivity contribution in [2.45, 2.75) is 19.3 Å². The predicted molar refractivity (Wildman–Crippen MR) is 86.7 cm³/mol. The maximum atomic E-state index is 12.0. The molecule has 1 aromatic carbocycles. The molecule has 0 spiro atoms. The lowest BCUT2D eigenvalue weighted by Gasteiger charge is -1.98. The number of aromatic nitrogens is 3. The summed E-state index contributed by atoms with van der Waals surface area (Å²) in [6.45, 7) is 0. The molecule has 3 aromatic rings. The highest BCUT2D eigenvalue weighted by Gasteiger charge is 2.23. The van der Waals surface area contributed by atoms with Crippen LogP contribution < -0.4 is 11.3 Å². The molecule has 0 saturated heterocycles. The van der Waals surface area contributed by atoms with Crippen LogP contribution in [0.1, 0.15) is 17.0 Å². The zero-order chi connectivity index (χ0) is 16.4. The van der Waals surface area contributed by atoms with E-state index in [0.29, 0.717) is 11.4 Å². The molecule has 118 valence electrons. The van der Waals surface area contributed by atoms with Crippen LogP contribution in [-0.2, 0) is 12.8 Å². The summed E-state index contributed by atoms with van der Waals surface area (Å²) in [5.74, 6) is -0.375. The van der Waals surface area contributed by atoms with Gasteiger partial charge in [0.25, 0.3) is 0 Å². The lowest BCUT2D eigenvalue weighted by molar-refractivity contribution is -0.385. The predicted octanol–water partition coefficient (Wildman–Crippen LogP) is 1.82. The molecular weight excluding hydrogens is 318 g/mol. The first kappa shape index (κ1) is 15.1. The molecule has 0 radical (unpaired) electrons. The minimum absolute atomic E-state index is 0.271. The summed E-state index contributed by atoms with van der Waals surface area (Å²) >= 11 is 1.22. The number of fused-ring (bicyclic) bond motifs is 1. The number of benzene rings is 1. The fourth-order valence-electron chi connectivity index (χ4n) is 2.25. The van der Waals surface area contributed by atoms with Crippen molar-refractivity contribution in [3.05, 3.63) is 61.4 Å². The van der Waals surface area contributed by atoms with E-state index in [1.165, 1.54) is 16.9 Å². The molecule has 0 aliphatic rings. The lowest BCUT2D eigenvalue weighted by Crippen LogP contribution is -2.20. The van der Waals surface area contributed by atoms with Crippen molar-refractivity contribution in [3.8, 4) is 0 Å². The van der Waals surface area contributed by atoms with Crippen LogP contribution in [0, 0.1) is 10.1 Å². The Balaban J connectivity index is 1.82. The van der Waals surface area contributed by atoms with Crippen LogP contribution in [0.4, 0.5) is 11.5 Å². The molecule has 8 nitrogen and oxygen atoms in total. The van der Waals surface area contributed by atoms with Crippen molar-refractivity contribution in [1.29, 1.82) is 0 Å². The van der Waals surface area contributed by atoms with E-state index in [1.54, 1.807) is 0 Å². The van der Waals surface area contributed by atoms with Gasteiger partial charge >= 0.3 is 11.2 Å². The van der Waals surface area contributed by atoms with Crippen molar-refractivity contribution < 1.29 is 4.92 Å². The van der Waals surface area contributed by atoms with Gasteiger partial charge in [-0.2, -0.15) is 14.6 Å². The number of nitrogens with two attached hydrogens (primary N) is 1.